The molecule has 3 aromatic rings. The molecule has 0 atom stereocenters. The van der Waals surface area contributed by atoms with Crippen molar-refractivity contribution in [2.45, 2.75) is 13.8 Å². The fourth-order valence-corrected chi connectivity index (χ4v) is 3.01. The molecule has 6 nitrogen and oxygen atoms in total. The van der Waals surface area contributed by atoms with Crippen LogP contribution in [0.2, 0.25) is 0 Å². The van der Waals surface area contributed by atoms with E-state index in [1.807, 2.05) is 0 Å². The summed E-state index contributed by atoms with van der Waals surface area (Å²) < 4.78 is 49.4. The van der Waals surface area contributed by atoms with E-state index < -0.39 is 23.6 Å². The fraction of sp³-hybridized carbons (Fsp3) is 0.0667. The number of esters is 2. The molecule has 0 aliphatic carbocycles. The minimum absolute atomic E-state index is 0.0976. The third-order valence-corrected chi connectivity index (χ3v) is 4.96. The van der Waals surface area contributed by atoms with E-state index in [2.05, 4.69) is 13.2 Å². The minimum Gasteiger partial charge on any atom is -0.462 e. The summed E-state index contributed by atoms with van der Waals surface area (Å²) >= 11 is 0. The second-order valence-electron chi connectivity index (χ2n) is 8.02. The zero-order valence-corrected chi connectivity index (χ0v) is 20.7. The lowest BCUT2D eigenvalue weighted by Gasteiger charge is -2.09. The molecule has 0 saturated carbocycles. The second kappa shape index (κ2) is 12.8. The Morgan fingerprint density at radius 1 is 0.658 bits per heavy atom. The second-order valence-corrected chi connectivity index (χ2v) is 8.02. The van der Waals surface area contributed by atoms with E-state index >= 15 is 0 Å². The monoisotopic (exact) mass is 518 g/mol. The zero-order valence-electron chi connectivity index (χ0n) is 20.7. The van der Waals surface area contributed by atoms with Gasteiger partial charge in [-0.2, -0.15) is 0 Å². The molecule has 0 heterocycles. The number of hydrogen-bond acceptors (Lipinski definition) is 6. The molecular weight excluding hydrogens is 494 g/mol. The first-order valence-electron chi connectivity index (χ1n) is 11.2. The summed E-state index contributed by atoms with van der Waals surface area (Å²) in [5, 5.41) is 0. The minimum atomic E-state index is -0.679. The average molecular weight is 519 g/mol. The van der Waals surface area contributed by atoms with Crippen LogP contribution < -0.4 is 9.47 Å². The van der Waals surface area contributed by atoms with Gasteiger partial charge in [-0.15, -0.1) is 0 Å². The highest BCUT2D eigenvalue weighted by Gasteiger charge is 2.11. The Morgan fingerprint density at radius 2 is 1.16 bits per heavy atom. The lowest BCUT2D eigenvalue weighted by molar-refractivity contribution is -0.134. The number of hydrogen-bond donors (Lipinski definition) is 0. The maximum absolute atomic E-state index is 14.9. The number of carbonyl (C=O) groups is 2. The normalized spacial score (nSPS) is 10.8. The van der Waals surface area contributed by atoms with Crippen molar-refractivity contribution in [1.29, 1.82) is 0 Å². The van der Waals surface area contributed by atoms with Gasteiger partial charge in [0.2, 0.25) is 0 Å². The first-order chi connectivity index (χ1) is 18.2. The van der Waals surface area contributed by atoms with Crippen LogP contribution in [0.3, 0.4) is 0 Å². The fourth-order valence-electron chi connectivity index (χ4n) is 3.01. The largest absolute Gasteiger partial charge is 0.462 e. The molecule has 0 aromatic heterocycles. The third kappa shape index (κ3) is 7.51. The molecular formula is C30H24F2O6. The van der Waals surface area contributed by atoms with E-state index in [0.29, 0.717) is 28.0 Å². The Morgan fingerprint density at radius 3 is 1.68 bits per heavy atom. The van der Waals surface area contributed by atoms with Gasteiger partial charge in [-0.05, 0) is 60.9 Å². The van der Waals surface area contributed by atoms with Gasteiger partial charge >= 0.3 is 11.9 Å². The number of halogens is 2. The molecule has 0 spiro atoms. The molecule has 0 saturated heterocycles. The predicted octanol–water partition coefficient (Wildman–Crippen LogP) is 7.24. The van der Waals surface area contributed by atoms with Crippen LogP contribution >= 0.6 is 0 Å². The Hall–Kier alpha value is -4.98. The van der Waals surface area contributed by atoms with Crippen LogP contribution in [0.4, 0.5) is 8.78 Å². The van der Waals surface area contributed by atoms with Crippen molar-refractivity contribution in [3.63, 3.8) is 0 Å². The Kier molecular flexibility index (Phi) is 9.31. The van der Waals surface area contributed by atoms with Gasteiger partial charge in [0.15, 0.2) is 11.6 Å². The molecule has 0 unspecified atom stereocenters. The molecule has 3 aromatic carbocycles. The van der Waals surface area contributed by atoms with Gasteiger partial charge in [0.25, 0.3) is 0 Å². The van der Waals surface area contributed by atoms with Crippen LogP contribution in [0.1, 0.15) is 13.8 Å². The van der Waals surface area contributed by atoms with Gasteiger partial charge < -0.3 is 18.9 Å². The highest BCUT2D eigenvalue weighted by molar-refractivity contribution is 5.87. The van der Waals surface area contributed by atoms with Gasteiger partial charge in [0.05, 0.1) is 0 Å². The smallest absolute Gasteiger partial charge is 0.338 e. The van der Waals surface area contributed by atoms with E-state index in [0.717, 1.165) is 18.8 Å². The van der Waals surface area contributed by atoms with Crippen LogP contribution in [0.25, 0.3) is 22.3 Å². The lowest BCUT2D eigenvalue weighted by Crippen LogP contribution is -1.99. The molecule has 3 rings (SSSR count). The van der Waals surface area contributed by atoms with Crippen LogP contribution in [0.15, 0.2) is 110 Å². The molecule has 38 heavy (non-hydrogen) atoms. The molecule has 0 aliphatic heterocycles. The summed E-state index contributed by atoms with van der Waals surface area (Å²) in [7, 11) is 0. The van der Waals surface area contributed by atoms with Gasteiger partial charge in [0, 0.05) is 16.7 Å². The maximum Gasteiger partial charge on any atom is 0.338 e. The number of ether oxygens (including phenoxy) is 4. The predicted molar refractivity (Wildman–Crippen MR) is 139 cm³/mol. The highest BCUT2D eigenvalue weighted by Crippen LogP contribution is 2.31. The van der Waals surface area contributed by atoms with Crippen LogP contribution in [-0.2, 0) is 19.1 Å². The first-order valence-corrected chi connectivity index (χ1v) is 11.2. The van der Waals surface area contributed by atoms with Crippen molar-refractivity contribution < 1.29 is 37.3 Å². The molecule has 0 fully saturated rings. The number of rotatable bonds is 10. The molecule has 0 bridgehead atoms. The Bertz CT molecular complexity index is 1420. The van der Waals surface area contributed by atoms with Crippen LogP contribution in [-0.4, -0.2) is 11.9 Å². The first kappa shape index (κ1) is 27.6. The van der Waals surface area contributed by atoms with E-state index in [4.69, 9.17) is 18.9 Å². The quantitative estimate of drug-likeness (QED) is 0.160. The van der Waals surface area contributed by atoms with Gasteiger partial charge in [-0.25, -0.2) is 18.4 Å². The van der Waals surface area contributed by atoms with E-state index in [1.165, 1.54) is 38.3 Å². The molecule has 0 amide bonds. The van der Waals surface area contributed by atoms with E-state index in [1.54, 1.807) is 42.5 Å². The summed E-state index contributed by atoms with van der Waals surface area (Å²) in [6.45, 7) is 9.93. The van der Waals surface area contributed by atoms with Gasteiger partial charge in [0.1, 0.15) is 36.6 Å². The molecule has 0 N–H and O–H groups in total. The van der Waals surface area contributed by atoms with Crippen molar-refractivity contribution in [1.82, 2.24) is 0 Å². The van der Waals surface area contributed by atoms with Crippen molar-refractivity contribution >= 4 is 11.9 Å². The molecule has 0 radical (unpaired) electrons. The Labute approximate surface area is 218 Å². The van der Waals surface area contributed by atoms with Gasteiger partial charge in [-0.3, -0.25) is 0 Å². The lowest BCUT2D eigenvalue weighted by atomic mass is 9.99. The summed E-state index contributed by atoms with van der Waals surface area (Å²) in [4.78, 5) is 22.6. The summed E-state index contributed by atoms with van der Waals surface area (Å²) in [5.41, 5.74) is 2.34. The zero-order chi connectivity index (χ0) is 27.7. The number of carbonyl (C=O) groups excluding carboxylic acids is 2. The maximum atomic E-state index is 14.9. The molecule has 194 valence electrons. The molecule has 8 heteroatoms. The topological polar surface area (TPSA) is 71.1 Å². The summed E-state index contributed by atoms with van der Waals surface area (Å²) in [6, 6.07) is 15.4. The van der Waals surface area contributed by atoms with Crippen molar-refractivity contribution in [2.24, 2.45) is 0 Å². The third-order valence-electron chi connectivity index (χ3n) is 4.96. The Balaban J connectivity index is 1.65. The van der Waals surface area contributed by atoms with Crippen molar-refractivity contribution in [2.75, 3.05) is 0 Å². The van der Waals surface area contributed by atoms with E-state index in [-0.39, 0.29) is 16.9 Å². The van der Waals surface area contributed by atoms with Crippen LogP contribution in [0.5, 0.6) is 11.5 Å². The summed E-state index contributed by atoms with van der Waals surface area (Å²) in [5.74, 6) is -2.02. The highest BCUT2D eigenvalue weighted by atomic mass is 19.1. The van der Waals surface area contributed by atoms with E-state index in [9.17, 15) is 18.4 Å². The average Bonchev–Trinajstić information content (AvgIpc) is 2.89. The van der Waals surface area contributed by atoms with Crippen molar-refractivity contribution in [3.05, 3.63) is 122 Å². The SMILES string of the molecule is C=C(C)C(=O)OC=COc1ccc(-c2ccc(-c3ccc(OC=COC(=O)C(=C)C)c(F)c3)cc2F)cc1. The van der Waals surface area contributed by atoms with Gasteiger partial charge in [-0.1, -0.05) is 43.5 Å². The van der Waals surface area contributed by atoms with Crippen molar-refractivity contribution in [3.8, 4) is 33.8 Å². The molecule has 0 aliphatic rings. The standard InChI is InChI=1S/C30H24F2O6/c1-19(2)29(33)37-15-13-35-24-9-5-21(6-10-24)25-11-7-22(17-26(25)31)23-8-12-28(27(32)18-23)36-14-16-38-30(34)20(3)4/h5-18H,1,3H2,2,4H3. The summed E-state index contributed by atoms with van der Waals surface area (Å²) in [6.07, 6.45) is 4.31. The van der Waals surface area contributed by atoms with Crippen LogP contribution in [0, 0.1) is 11.6 Å². The number of benzene rings is 3.